The Labute approximate surface area is 150 Å². The van der Waals surface area contributed by atoms with Gasteiger partial charge in [-0.25, -0.2) is 9.59 Å². The van der Waals surface area contributed by atoms with Gasteiger partial charge >= 0.3 is 12.0 Å². The number of aryl methyl sites for hydroxylation is 1. The SMILES string of the molecule is CCOC(=O)c1ccc(NC(=O)Nc2cc(C)nc3cccnc23)cc1. The van der Waals surface area contributed by atoms with Gasteiger partial charge < -0.3 is 15.4 Å². The van der Waals surface area contributed by atoms with Gasteiger partial charge in [0, 0.05) is 17.6 Å². The summed E-state index contributed by atoms with van der Waals surface area (Å²) in [6.45, 7) is 3.91. The van der Waals surface area contributed by atoms with Crippen LogP contribution >= 0.6 is 0 Å². The highest BCUT2D eigenvalue weighted by molar-refractivity contribution is 6.04. The predicted octanol–water partition coefficient (Wildman–Crippen LogP) is 3.76. The highest BCUT2D eigenvalue weighted by Gasteiger charge is 2.10. The van der Waals surface area contributed by atoms with Crippen molar-refractivity contribution in [1.82, 2.24) is 9.97 Å². The zero-order chi connectivity index (χ0) is 18.5. The minimum absolute atomic E-state index is 0.314. The number of nitrogens with one attached hydrogen (secondary N) is 2. The summed E-state index contributed by atoms with van der Waals surface area (Å²) in [6, 6.07) is 11.5. The number of hydrogen-bond acceptors (Lipinski definition) is 5. The van der Waals surface area contributed by atoms with Crippen LogP contribution in [-0.2, 0) is 4.74 Å². The number of anilines is 2. The summed E-state index contributed by atoms with van der Waals surface area (Å²) < 4.78 is 4.93. The van der Waals surface area contributed by atoms with Crippen LogP contribution in [0.4, 0.5) is 16.2 Å². The van der Waals surface area contributed by atoms with Crippen molar-refractivity contribution in [3.8, 4) is 0 Å². The molecule has 0 bridgehead atoms. The van der Waals surface area contributed by atoms with E-state index >= 15 is 0 Å². The van der Waals surface area contributed by atoms with Gasteiger partial charge in [-0.1, -0.05) is 0 Å². The summed E-state index contributed by atoms with van der Waals surface area (Å²) in [7, 11) is 0. The highest BCUT2D eigenvalue weighted by Crippen LogP contribution is 2.21. The fourth-order valence-electron chi connectivity index (χ4n) is 2.48. The molecule has 2 amide bonds. The number of carbonyl (C=O) groups is 2. The number of hydrogen-bond donors (Lipinski definition) is 2. The first-order valence-corrected chi connectivity index (χ1v) is 8.14. The van der Waals surface area contributed by atoms with Crippen molar-refractivity contribution >= 4 is 34.4 Å². The van der Waals surface area contributed by atoms with Crippen LogP contribution in [-0.4, -0.2) is 28.6 Å². The number of carbonyl (C=O) groups excluding carboxylic acids is 2. The zero-order valence-electron chi connectivity index (χ0n) is 14.4. The first-order chi connectivity index (χ1) is 12.6. The molecule has 7 heteroatoms. The number of amides is 2. The molecule has 0 radical (unpaired) electrons. The molecule has 0 unspecified atom stereocenters. The van der Waals surface area contributed by atoms with Gasteiger partial charge in [-0.15, -0.1) is 0 Å². The maximum absolute atomic E-state index is 12.3. The first-order valence-electron chi connectivity index (χ1n) is 8.14. The smallest absolute Gasteiger partial charge is 0.338 e. The molecule has 7 nitrogen and oxygen atoms in total. The van der Waals surface area contributed by atoms with E-state index in [0.29, 0.717) is 34.6 Å². The second-order valence-corrected chi connectivity index (χ2v) is 5.56. The van der Waals surface area contributed by atoms with E-state index in [1.54, 1.807) is 49.5 Å². The molecule has 26 heavy (non-hydrogen) atoms. The quantitative estimate of drug-likeness (QED) is 0.699. The van der Waals surface area contributed by atoms with Crippen LogP contribution in [0.2, 0.25) is 0 Å². The Morgan fingerprint density at radius 3 is 2.62 bits per heavy atom. The van der Waals surface area contributed by atoms with Gasteiger partial charge in [0.15, 0.2) is 0 Å². The third-order valence-electron chi connectivity index (χ3n) is 3.59. The van der Waals surface area contributed by atoms with Crippen LogP contribution in [0.1, 0.15) is 23.0 Å². The Kier molecular flexibility index (Phi) is 5.07. The van der Waals surface area contributed by atoms with Gasteiger partial charge in [-0.2, -0.15) is 0 Å². The molecule has 0 saturated heterocycles. The molecule has 0 atom stereocenters. The number of rotatable bonds is 4. The van der Waals surface area contributed by atoms with E-state index in [0.717, 1.165) is 5.69 Å². The molecule has 0 aliphatic rings. The summed E-state index contributed by atoms with van der Waals surface area (Å²) >= 11 is 0. The number of esters is 1. The summed E-state index contributed by atoms with van der Waals surface area (Å²) in [5, 5.41) is 5.51. The topological polar surface area (TPSA) is 93.2 Å². The molecule has 0 fully saturated rings. The fraction of sp³-hybridized carbons (Fsp3) is 0.158. The Bertz CT molecular complexity index is 955. The summed E-state index contributed by atoms with van der Waals surface area (Å²) in [4.78, 5) is 32.6. The highest BCUT2D eigenvalue weighted by atomic mass is 16.5. The van der Waals surface area contributed by atoms with E-state index in [1.165, 1.54) is 0 Å². The standard InChI is InChI=1S/C19H18N4O3/c1-3-26-18(24)13-6-8-14(9-7-13)22-19(25)23-16-11-12(2)21-15-5-4-10-20-17(15)16/h4-11H,3H2,1-2H3,(H2,21,22,23,25). The van der Waals surface area contributed by atoms with Crippen molar-refractivity contribution in [3.63, 3.8) is 0 Å². The van der Waals surface area contributed by atoms with Gasteiger partial charge in [0.2, 0.25) is 0 Å². The molecule has 2 aromatic heterocycles. The minimum atomic E-state index is -0.411. The van der Waals surface area contributed by atoms with E-state index in [4.69, 9.17) is 4.74 Å². The van der Waals surface area contributed by atoms with Crippen LogP contribution in [0.15, 0.2) is 48.7 Å². The van der Waals surface area contributed by atoms with E-state index in [1.807, 2.05) is 13.0 Å². The van der Waals surface area contributed by atoms with Crippen LogP contribution in [0.25, 0.3) is 11.0 Å². The zero-order valence-corrected chi connectivity index (χ0v) is 14.4. The summed E-state index contributed by atoms with van der Waals surface area (Å²) in [6.07, 6.45) is 1.65. The lowest BCUT2D eigenvalue weighted by Crippen LogP contribution is -2.20. The number of nitrogens with zero attached hydrogens (tertiary/aromatic N) is 2. The molecule has 0 aliphatic carbocycles. The molecule has 0 saturated carbocycles. The number of ether oxygens (including phenoxy) is 1. The fourth-order valence-corrected chi connectivity index (χ4v) is 2.48. The van der Waals surface area contributed by atoms with E-state index in [2.05, 4.69) is 20.6 Å². The second kappa shape index (κ2) is 7.60. The Morgan fingerprint density at radius 1 is 1.12 bits per heavy atom. The lowest BCUT2D eigenvalue weighted by Gasteiger charge is -2.10. The maximum atomic E-state index is 12.3. The second-order valence-electron chi connectivity index (χ2n) is 5.56. The normalized spacial score (nSPS) is 10.4. The molecule has 132 valence electrons. The van der Waals surface area contributed by atoms with Gasteiger partial charge in [-0.05, 0) is 56.3 Å². The number of aromatic nitrogens is 2. The predicted molar refractivity (Wildman–Crippen MR) is 99.3 cm³/mol. The van der Waals surface area contributed by atoms with E-state index in [-0.39, 0.29) is 0 Å². The van der Waals surface area contributed by atoms with Crippen LogP contribution in [0.3, 0.4) is 0 Å². The third-order valence-corrected chi connectivity index (χ3v) is 3.59. The van der Waals surface area contributed by atoms with Gasteiger partial charge in [0.05, 0.1) is 23.4 Å². The molecule has 2 N–H and O–H groups in total. The number of urea groups is 1. The maximum Gasteiger partial charge on any atom is 0.338 e. The van der Waals surface area contributed by atoms with Crippen molar-refractivity contribution in [2.75, 3.05) is 17.2 Å². The molecule has 3 rings (SSSR count). The average molecular weight is 350 g/mol. The van der Waals surface area contributed by atoms with Crippen LogP contribution in [0, 0.1) is 6.92 Å². The van der Waals surface area contributed by atoms with E-state index in [9.17, 15) is 9.59 Å². The summed E-state index contributed by atoms with van der Waals surface area (Å²) in [5.74, 6) is -0.395. The van der Waals surface area contributed by atoms with Gasteiger partial charge in [0.1, 0.15) is 5.52 Å². The monoisotopic (exact) mass is 350 g/mol. The number of benzene rings is 1. The molecular weight excluding hydrogens is 332 g/mol. The van der Waals surface area contributed by atoms with Gasteiger partial charge in [-0.3, -0.25) is 9.97 Å². The first kappa shape index (κ1) is 17.3. The number of pyridine rings is 2. The third kappa shape index (κ3) is 3.94. The molecule has 0 aliphatic heterocycles. The van der Waals surface area contributed by atoms with Crippen molar-refractivity contribution in [3.05, 3.63) is 59.9 Å². The van der Waals surface area contributed by atoms with Crippen molar-refractivity contribution < 1.29 is 14.3 Å². The molecule has 3 aromatic rings. The van der Waals surface area contributed by atoms with Crippen molar-refractivity contribution in [1.29, 1.82) is 0 Å². The van der Waals surface area contributed by atoms with Crippen LogP contribution < -0.4 is 10.6 Å². The molecule has 0 spiro atoms. The van der Waals surface area contributed by atoms with Gasteiger partial charge in [0.25, 0.3) is 0 Å². The Morgan fingerprint density at radius 2 is 1.88 bits per heavy atom. The molecule has 2 heterocycles. The van der Waals surface area contributed by atoms with Crippen LogP contribution in [0.5, 0.6) is 0 Å². The Balaban J connectivity index is 1.72. The van der Waals surface area contributed by atoms with Crippen molar-refractivity contribution in [2.45, 2.75) is 13.8 Å². The Hall–Kier alpha value is -3.48. The molecular formula is C19H18N4O3. The largest absolute Gasteiger partial charge is 0.462 e. The molecule has 1 aromatic carbocycles. The average Bonchev–Trinajstić information content (AvgIpc) is 2.62. The van der Waals surface area contributed by atoms with E-state index < -0.39 is 12.0 Å². The minimum Gasteiger partial charge on any atom is -0.462 e. The van der Waals surface area contributed by atoms with Crippen molar-refractivity contribution in [2.24, 2.45) is 0 Å². The number of fused-ring (bicyclic) bond motifs is 1. The lowest BCUT2D eigenvalue weighted by atomic mass is 10.2. The summed E-state index contributed by atoms with van der Waals surface area (Å²) in [5.41, 5.74) is 3.66. The lowest BCUT2D eigenvalue weighted by molar-refractivity contribution is 0.0526.